The van der Waals surface area contributed by atoms with Gasteiger partial charge in [-0.15, -0.1) is 0 Å². The number of aliphatic hydroxyl groups is 1. The molecule has 1 heterocycles. The lowest BCUT2D eigenvalue weighted by Crippen LogP contribution is -2.61. The third-order valence-corrected chi connectivity index (χ3v) is 10.2. The van der Waals surface area contributed by atoms with Gasteiger partial charge in [0.05, 0.1) is 19.1 Å². The van der Waals surface area contributed by atoms with Gasteiger partial charge in [0.1, 0.15) is 42.3 Å². The number of guanidine groups is 1. The summed E-state index contributed by atoms with van der Waals surface area (Å²) in [6, 6.07) is -11.4. The fraction of sp³-hybridized carbons (Fsp3) is 0.725. The van der Waals surface area contributed by atoms with Crippen molar-refractivity contribution in [1.82, 2.24) is 36.8 Å². The molecule has 1 aliphatic rings. The highest BCUT2D eigenvalue weighted by Gasteiger charge is 2.39. The lowest BCUT2D eigenvalue weighted by molar-refractivity contribution is -0.149. The van der Waals surface area contributed by atoms with E-state index in [-0.39, 0.29) is 68.9 Å². The standard InChI is InChI=1S/C40H69N11O14/c1-19(2)15-24(47-35(60)25(17-30(55)56)48-33(58)23(11-12-29(53)54)46-37(62)31(41)21(5)6)34(59)50-27(18-52)36(61)45-22(9-7-13-44-40(42)43)32(57)49-26(16-20(3)4)38(63)51-14-8-10-28(51)39(64)65/h19-28,31,52H,7-18,41H2,1-6H3,(H,45,61)(H,46,62)(H,47,60)(H,48,58)(H,49,57)(H,50,59)(H,53,54)(H,55,56)(H,64,65)(H4,42,43,44). The highest BCUT2D eigenvalue weighted by molar-refractivity contribution is 5.98. The minimum Gasteiger partial charge on any atom is -0.481 e. The topological polar surface area (TPSA) is 417 Å². The van der Waals surface area contributed by atoms with E-state index in [4.69, 9.17) is 17.2 Å². The number of carbonyl (C=O) groups is 10. The van der Waals surface area contributed by atoms with Crippen molar-refractivity contribution in [1.29, 1.82) is 0 Å². The summed E-state index contributed by atoms with van der Waals surface area (Å²) in [5, 5.41) is 53.1. The van der Waals surface area contributed by atoms with E-state index in [1.165, 1.54) is 4.90 Å². The van der Waals surface area contributed by atoms with Crippen molar-refractivity contribution in [2.45, 2.75) is 148 Å². The summed E-state index contributed by atoms with van der Waals surface area (Å²) >= 11 is 0. The van der Waals surface area contributed by atoms with Crippen LogP contribution in [0.4, 0.5) is 0 Å². The lowest BCUT2D eigenvalue weighted by Gasteiger charge is -2.30. The number of nitrogens with zero attached hydrogens (tertiary/aromatic N) is 2. The van der Waals surface area contributed by atoms with Crippen LogP contribution in [-0.2, 0) is 47.9 Å². The van der Waals surface area contributed by atoms with Gasteiger partial charge in [-0.05, 0) is 62.7 Å². The highest BCUT2D eigenvalue weighted by Crippen LogP contribution is 2.21. The van der Waals surface area contributed by atoms with E-state index in [0.717, 1.165) is 0 Å². The van der Waals surface area contributed by atoms with E-state index < -0.39 is 133 Å². The molecule has 0 radical (unpaired) electrons. The number of carboxylic acid groups (broad SMARTS) is 3. The maximum atomic E-state index is 13.8. The number of rotatable bonds is 29. The molecular formula is C40H69N11O14. The maximum Gasteiger partial charge on any atom is 0.326 e. The van der Waals surface area contributed by atoms with Crippen LogP contribution in [0.15, 0.2) is 4.99 Å². The molecule has 0 saturated carbocycles. The zero-order valence-corrected chi connectivity index (χ0v) is 37.8. The molecule has 1 saturated heterocycles. The molecule has 65 heavy (non-hydrogen) atoms. The maximum absolute atomic E-state index is 13.8. The smallest absolute Gasteiger partial charge is 0.326 e. The molecule has 0 spiro atoms. The number of nitrogens with one attached hydrogen (secondary N) is 6. The van der Waals surface area contributed by atoms with Gasteiger partial charge in [-0.1, -0.05) is 41.5 Å². The number of aliphatic carboxylic acids is 3. The first-order valence-corrected chi connectivity index (χ1v) is 21.5. The van der Waals surface area contributed by atoms with Gasteiger partial charge < -0.3 is 74.4 Å². The number of amides is 7. The van der Waals surface area contributed by atoms with E-state index in [1.807, 2.05) is 0 Å². The first-order chi connectivity index (χ1) is 30.3. The number of nitrogens with two attached hydrogens (primary N) is 3. The first kappa shape index (κ1) is 56.9. The summed E-state index contributed by atoms with van der Waals surface area (Å²) in [6.07, 6.45) is -1.39. The second-order valence-corrected chi connectivity index (χ2v) is 17.1. The summed E-state index contributed by atoms with van der Waals surface area (Å²) in [5.41, 5.74) is 16.7. The average Bonchev–Trinajstić information content (AvgIpc) is 3.71. The zero-order chi connectivity index (χ0) is 49.7. The number of hydrogen-bond donors (Lipinski definition) is 13. The monoisotopic (exact) mass is 928 g/mol. The van der Waals surface area contributed by atoms with Crippen molar-refractivity contribution in [3.8, 4) is 0 Å². The fourth-order valence-electron chi connectivity index (χ4n) is 6.70. The molecule has 8 atom stereocenters. The Morgan fingerprint density at radius 3 is 1.60 bits per heavy atom. The minimum atomic E-state index is -1.87. The van der Waals surface area contributed by atoms with E-state index in [9.17, 15) is 68.4 Å². The van der Waals surface area contributed by atoms with E-state index in [1.54, 1.807) is 41.5 Å². The summed E-state index contributed by atoms with van der Waals surface area (Å²) in [7, 11) is 0. The van der Waals surface area contributed by atoms with Crippen molar-refractivity contribution >= 4 is 65.2 Å². The van der Waals surface area contributed by atoms with Crippen LogP contribution in [0.1, 0.15) is 99.3 Å². The van der Waals surface area contributed by atoms with Gasteiger partial charge in [0, 0.05) is 19.5 Å². The van der Waals surface area contributed by atoms with Gasteiger partial charge in [0.25, 0.3) is 0 Å². The van der Waals surface area contributed by atoms with Gasteiger partial charge in [0.15, 0.2) is 5.96 Å². The lowest BCUT2D eigenvalue weighted by atomic mass is 10.0. The summed E-state index contributed by atoms with van der Waals surface area (Å²) in [4.78, 5) is 135. The average molecular weight is 928 g/mol. The number of likely N-dealkylation sites (tertiary alicyclic amines) is 1. The highest BCUT2D eigenvalue weighted by atomic mass is 16.4. The number of aliphatic imine (C=N–C) groups is 1. The van der Waals surface area contributed by atoms with Gasteiger partial charge in [-0.3, -0.25) is 48.1 Å². The van der Waals surface area contributed by atoms with E-state index in [2.05, 4.69) is 36.9 Å². The molecule has 25 nitrogen and oxygen atoms in total. The van der Waals surface area contributed by atoms with E-state index >= 15 is 0 Å². The molecule has 1 fully saturated rings. The second-order valence-electron chi connectivity index (χ2n) is 17.1. The van der Waals surface area contributed by atoms with Crippen LogP contribution in [0.3, 0.4) is 0 Å². The number of hydrogen-bond acceptors (Lipinski definition) is 13. The van der Waals surface area contributed by atoms with Crippen LogP contribution in [0.5, 0.6) is 0 Å². The number of carbonyl (C=O) groups excluding carboxylic acids is 7. The molecular weight excluding hydrogens is 859 g/mol. The molecule has 0 aromatic heterocycles. The van der Waals surface area contributed by atoms with Crippen LogP contribution in [0.2, 0.25) is 0 Å². The van der Waals surface area contributed by atoms with Crippen LogP contribution >= 0.6 is 0 Å². The summed E-state index contributed by atoms with van der Waals surface area (Å²) in [6.45, 7) is 9.34. The van der Waals surface area contributed by atoms with Crippen LogP contribution < -0.4 is 49.1 Å². The molecule has 0 aliphatic carbocycles. The van der Waals surface area contributed by atoms with Crippen molar-refractivity contribution in [3.63, 3.8) is 0 Å². The largest absolute Gasteiger partial charge is 0.481 e. The molecule has 1 rings (SSSR count). The Hall–Kier alpha value is -6.11. The Balaban J connectivity index is 3.37. The van der Waals surface area contributed by atoms with Crippen LogP contribution in [-0.4, -0.2) is 159 Å². The molecule has 0 aromatic rings. The van der Waals surface area contributed by atoms with Crippen molar-refractivity contribution in [2.24, 2.45) is 39.9 Å². The predicted octanol–water partition coefficient (Wildman–Crippen LogP) is -3.57. The Kier molecular flexibility index (Phi) is 24.5. The van der Waals surface area contributed by atoms with Crippen molar-refractivity contribution in [3.05, 3.63) is 0 Å². The van der Waals surface area contributed by atoms with Crippen molar-refractivity contribution in [2.75, 3.05) is 19.7 Å². The first-order valence-electron chi connectivity index (χ1n) is 21.5. The molecule has 8 unspecified atom stereocenters. The Labute approximate surface area is 377 Å². The summed E-state index contributed by atoms with van der Waals surface area (Å²) < 4.78 is 0. The van der Waals surface area contributed by atoms with Gasteiger partial charge in [-0.2, -0.15) is 0 Å². The third kappa shape index (κ3) is 20.5. The van der Waals surface area contributed by atoms with Crippen molar-refractivity contribution < 1.29 is 68.4 Å². The second kappa shape index (κ2) is 27.9. The van der Waals surface area contributed by atoms with Crippen LogP contribution in [0, 0.1) is 17.8 Å². The molecule has 0 bridgehead atoms. The zero-order valence-electron chi connectivity index (χ0n) is 37.8. The normalized spacial score (nSPS) is 16.8. The Bertz CT molecular complexity index is 1720. The molecule has 368 valence electrons. The molecule has 16 N–H and O–H groups in total. The fourth-order valence-corrected chi connectivity index (χ4v) is 6.70. The Morgan fingerprint density at radius 2 is 1.09 bits per heavy atom. The molecule has 0 aromatic carbocycles. The van der Waals surface area contributed by atoms with Gasteiger partial charge in [-0.25, -0.2) is 4.79 Å². The SMILES string of the molecule is CC(C)CC(NC(=O)C(CC(=O)O)NC(=O)C(CCC(=O)O)NC(=O)C(N)C(C)C)C(=O)NC(CO)C(=O)NC(CCCN=C(N)N)C(=O)NC(CC(C)C)C(=O)N1CCCC1C(=O)O. The molecule has 7 amide bonds. The molecule has 1 aliphatic heterocycles. The van der Waals surface area contributed by atoms with E-state index in [0.29, 0.717) is 6.42 Å². The number of aliphatic hydroxyl groups excluding tert-OH is 1. The quantitative estimate of drug-likeness (QED) is 0.0196. The predicted molar refractivity (Wildman–Crippen MR) is 232 cm³/mol. The number of carboxylic acids is 3. The minimum absolute atomic E-state index is 0.0222. The third-order valence-electron chi connectivity index (χ3n) is 10.2. The summed E-state index contributed by atoms with van der Waals surface area (Å²) in [5.74, 6) is -11.8. The van der Waals surface area contributed by atoms with Gasteiger partial charge in [0.2, 0.25) is 41.4 Å². The molecule has 25 heteroatoms. The van der Waals surface area contributed by atoms with Gasteiger partial charge >= 0.3 is 17.9 Å². The Morgan fingerprint density at radius 1 is 0.631 bits per heavy atom. The van der Waals surface area contributed by atoms with Crippen LogP contribution in [0.25, 0.3) is 0 Å².